The zero-order valence-electron chi connectivity index (χ0n) is 24.1. The normalized spacial score (nSPS) is 51.5. The first-order valence-electron chi connectivity index (χ1n) is 14.8. The van der Waals surface area contributed by atoms with E-state index in [2.05, 4.69) is 54.5 Å². The maximum atomic E-state index is 12.9. The van der Waals surface area contributed by atoms with Crippen molar-refractivity contribution in [1.82, 2.24) is 0 Å². The molecule has 0 aromatic heterocycles. The van der Waals surface area contributed by atoms with Gasteiger partial charge in [-0.1, -0.05) is 60.1 Å². The molecule has 5 rings (SSSR count). The Labute approximate surface area is 219 Å². The number of carboxylic acid groups (broad SMARTS) is 1. The van der Waals surface area contributed by atoms with Crippen LogP contribution in [0, 0.1) is 56.7 Å². The highest BCUT2D eigenvalue weighted by molar-refractivity contribution is 5.76. The fraction of sp³-hybridized carbons (Fsp3) is 0.875. The van der Waals surface area contributed by atoms with E-state index in [9.17, 15) is 14.7 Å². The quantitative estimate of drug-likeness (QED) is 0.313. The van der Waals surface area contributed by atoms with Crippen LogP contribution in [-0.2, 0) is 14.3 Å². The summed E-state index contributed by atoms with van der Waals surface area (Å²) in [6, 6.07) is 0. The van der Waals surface area contributed by atoms with Crippen LogP contribution in [0.3, 0.4) is 0 Å². The van der Waals surface area contributed by atoms with Gasteiger partial charge in [0.15, 0.2) is 0 Å². The SMILES string of the molecule is CC(=O)O[C@@H]1CC[C@]2(C)[C@H](CC[C@]3(C)[C@@H]2CC=C2[C@@H]4[C@H](C)[C@H](C)CC[C@]4(C(=O)O)CC[C@@]23C)C1(C)C. The molecule has 202 valence electrons. The molecule has 4 saturated carbocycles. The first-order valence-corrected chi connectivity index (χ1v) is 14.8. The molecule has 5 aliphatic rings. The number of carbonyl (C=O) groups excluding carboxylic acids is 1. The lowest BCUT2D eigenvalue weighted by Crippen LogP contribution is -2.65. The number of carboxylic acids is 1. The number of hydrogen-bond acceptors (Lipinski definition) is 3. The van der Waals surface area contributed by atoms with Gasteiger partial charge in [-0.3, -0.25) is 9.59 Å². The largest absolute Gasteiger partial charge is 0.481 e. The predicted octanol–water partition coefficient (Wildman–Crippen LogP) is 7.66. The third-order valence-electron chi connectivity index (χ3n) is 13.7. The van der Waals surface area contributed by atoms with Crippen LogP contribution in [0.5, 0.6) is 0 Å². The third-order valence-corrected chi connectivity index (χ3v) is 13.7. The summed E-state index contributed by atoms with van der Waals surface area (Å²) in [6.07, 6.45) is 11.7. The molecule has 1 N–H and O–H groups in total. The van der Waals surface area contributed by atoms with E-state index in [-0.39, 0.29) is 39.7 Å². The molecule has 0 radical (unpaired) electrons. The average Bonchev–Trinajstić information content (AvgIpc) is 2.78. The Morgan fingerprint density at radius 2 is 1.61 bits per heavy atom. The van der Waals surface area contributed by atoms with Gasteiger partial charge in [-0.15, -0.1) is 0 Å². The minimum absolute atomic E-state index is 0.00171. The second kappa shape index (κ2) is 8.09. The van der Waals surface area contributed by atoms with Gasteiger partial charge in [-0.2, -0.15) is 0 Å². The number of esters is 1. The van der Waals surface area contributed by atoms with Crippen molar-refractivity contribution in [3.8, 4) is 0 Å². The number of aliphatic carboxylic acids is 1. The summed E-state index contributed by atoms with van der Waals surface area (Å²) in [5.41, 5.74) is 1.30. The average molecular weight is 499 g/mol. The Morgan fingerprint density at radius 1 is 0.917 bits per heavy atom. The molecule has 0 saturated heterocycles. The highest BCUT2D eigenvalue weighted by Crippen LogP contribution is 2.75. The van der Waals surface area contributed by atoms with Crippen molar-refractivity contribution in [3.63, 3.8) is 0 Å². The second-order valence-electron chi connectivity index (χ2n) is 15.1. The van der Waals surface area contributed by atoms with Gasteiger partial charge in [0.05, 0.1) is 5.41 Å². The maximum absolute atomic E-state index is 12.9. The molecule has 0 heterocycles. The molecule has 4 heteroatoms. The molecular weight excluding hydrogens is 448 g/mol. The van der Waals surface area contributed by atoms with Crippen molar-refractivity contribution in [3.05, 3.63) is 11.6 Å². The molecule has 0 aliphatic heterocycles. The fourth-order valence-corrected chi connectivity index (χ4v) is 11.2. The van der Waals surface area contributed by atoms with Crippen LogP contribution in [0.4, 0.5) is 0 Å². The molecule has 0 aromatic rings. The summed E-state index contributed by atoms with van der Waals surface area (Å²) in [5, 5.41) is 10.6. The van der Waals surface area contributed by atoms with Crippen LogP contribution in [0.2, 0.25) is 0 Å². The second-order valence-corrected chi connectivity index (χ2v) is 15.1. The molecule has 0 aromatic carbocycles. The van der Waals surface area contributed by atoms with Crippen molar-refractivity contribution in [1.29, 1.82) is 0 Å². The van der Waals surface area contributed by atoms with Gasteiger partial charge in [0.25, 0.3) is 0 Å². The smallest absolute Gasteiger partial charge is 0.310 e. The summed E-state index contributed by atoms with van der Waals surface area (Å²) in [7, 11) is 0. The Morgan fingerprint density at radius 3 is 2.25 bits per heavy atom. The maximum Gasteiger partial charge on any atom is 0.310 e. The van der Waals surface area contributed by atoms with Crippen LogP contribution in [0.25, 0.3) is 0 Å². The number of ether oxygens (including phenoxy) is 1. The van der Waals surface area contributed by atoms with Gasteiger partial charge in [-0.05, 0) is 104 Å². The van der Waals surface area contributed by atoms with Crippen molar-refractivity contribution in [2.24, 2.45) is 56.7 Å². The van der Waals surface area contributed by atoms with E-state index in [1.54, 1.807) is 6.92 Å². The number of fused-ring (bicyclic) bond motifs is 7. The van der Waals surface area contributed by atoms with Gasteiger partial charge in [0, 0.05) is 12.3 Å². The molecule has 0 unspecified atom stereocenters. The van der Waals surface area contributed by atoms with Crippen LogP contribution in [-0.4, -0.2) is 23.1 Å². The third kappa shape index (κ3) is 3.17. The highest BCUT2D eigenvalue weighted by Gasteiger charge is 2.69. The lowest BCUT2D eigenvalue weighted by molar-refractivity contribution is -0.214. The van der Waals surface area contributed by atoms with E-state index in [1.807, 2.05) is 0 Å². The summed E-state index contributed by atoms with van der Waals surface area (Å²) >= 11 is 0. The molecular formula is C32H50O4. The zero-order chi connectivity index (χ0) is 26.5. The van der Waals surface area contributed by atoms with E-state index in [4.69, 9.17) is 4.74 Å². The van der Waals surface area contributed by atoms with Crippen molar-refractivity contribution >= 4 is 11.9 Å². The van der Waals surface area contributed by atoms with Gasteiger partial charge in [-0.25, -0.2) is 0 Å². The van der Waals surface area contributed by atoms with Crippen LogP contribution in [0.15, 0.2) is 11.6 Å². The van der Waals surface area contributed by atoms with Gasteiger partial charge < -0.3 is 9.84 Å². The number of hydrogen-bond donors (Lipinski definition) is 1. The summed E-state index contributed by atoms with van der Waals surface area (Å²) in [6.45, 7) is 18.5. The van der Waals surface area contributed by atoms with E-state index < -0.39 is 11.4 Å². The van der Waals surface area contributed by atoms with E-state index >= 15 is 0 Å². The molecule has 0 amide bonds. The molecule has 10 atom stereocenters. The Bertz CT molecular complexity index is 981. The van der Waals surface area contributed by atoms with E-state index in [0.717, 1.165) is 51.4 Å². The Hall–Kier alpha value is -1.32. The lowest BCUT2D eigenvalue weighted by atomic mass is 9.33. The van der Waals surface area contributed by atoms with Gasteiger partial charge >= 0.3 is 11.9 Å². The molecule has 0 spiro atoms. The molecule has 5 aliphatic carbocycles. The molecule has 36 heavy (non-hydrogen) atoms. The van der Waals surface area contributed by atoms with Crippen molar-refractivity contribution < 1.29 is 19.4 Å². The zero-order valence-corrected chi connectivity index (χ0v) is 24.1. The summed E-state index contributed by atoms with van der Waals surface area (Å²) < 4.78 is 5.88. The lowest BCUT2D eigenvalue weighted by Gasteiger charge is -2.71. The van der Waals surface area contributed by atoms with E-state index in [1.165, 1.54) is 12.0 Å². The van der Waals surface area contributed by atoms with Crippen LogP contribution >= 0.6 is 0 Å². The minimum atomic E-state index is -0.578. The van der Waals surface area contributed by atoms with Crippen molar-refractivity contribution in [2.45, 2.75) is 119 Å². The van der Waals surface area contributed by atoms with Gasteiger partial charge in [0.1, 0.15) is 6.10 Å². The first kappa shape index (κ1) is 26.3. The first-order chi connectivity index (χ1) is 16.6. The Balaban J connectivity index is 1.56. The monoisotopic (exact) mass is 498 g/mol. The van der Waals surface area contributed by atoms with Crippen LogP contribution in [0.1, 0.15) is 113 Å². The number of allylic oxidation sites excluding steroid dienone is 2. The molecule has 4 fully saturated rings. The standard InChI is InChI=1S/C32H50O4/c1-19-11-16-32(27(34)35)18-17-30(7)22(26(32)20(19)2)9-10-24-29(6)14-13-25(36-21(3)33)28(4,5)23(29)12-15-31(24,30)8/h9,19-20,23-26H,10-18H2,1-8H3,(H,34,35)/t19-,20-,23-,24-,25-,26+,29-,30+,31-,32+/m1/s1. The molecule has 0 bridgehead atoms. The summed E-state index contributed by atoms with van der Waals surface area (Å²) in [4.78, 5) is 24.7. The highest BCUT2D eigenvalue weighted by atomic mass is 16.5. The van der Waals surface area contributed by atoms with Gasteiger partial charge in [0.2, 0.25) is 0 Å². The van der Waals surface area contributed by atoms with Crippen molar-refractivity contribution in [2.75, 3.05) is 0 Å². The minimum Gasteiger partial charge on any atom is -0.481 e. The Kier molecular flexibility index (Phi) is 5.91. The number of rotatable bonds is 2. The van der Waals surface area contributed by atoms with Crippen LogP contribution < -0.4 is 0 Å². The topological polar surface area (TPSA) is 63.6 Å². The molecule has 4 nitrogen and oxygen atoms in total. The fourth-order valence-electron chi connectivity index (χ4n) is 11.2. The summed E-state index contributed by atoms with van der Waals surface area (Å²) in [5.74, 6) is 1.53. The van der Waals surface area contributed by atoms with E-state index in [0.29, 0.717) is 23.7 Å². The predicted molar refractivity (Wildman–Crippen MR) is 142 cm³/mol. The number of carbonyl (C=O) groups is 2.